The summed E-state index contributed by atoms with van der Waals surface area (Å²) in [6.45, 7) is 1.08. The Morgan fingerprint density at radius 1 is 1.35 bits per heavy atom. The molecule has 5 heteroatoms. The first-order valence-corrected chi connectivity index (χ1v) is 7.00. The normalized spacial score (nSPS) is 21.7. The summed E-state index contributed by atoms with van der Waals surface area (Å²) < 4.78 is 5.06. The van der Waals surface area contributed by atoms with E-state index in [-0.39, 0.29) is 12.0 Å². The van der Waals surface area contributed by atoms with Crippen molar-refractivity contribution in [3.63, 3.8) is 0 Å². The van der Waals surface area contributed by atoms with Gasteiger partial charge in [-0.2, -0.15) is 0 Å². The van der Waals surface area contributed by atoms with Gasteiger partial charge in [-0.1, -0.05) is 0 Å². The predicted molar refractivity (Wildman–Crippen MR) is 77.8 cm³/mol. The zero-order chi connectivity index (χ0) is 14.4. The Balaban J connectivity index is 1.67. The third-order valence-electron chi connectivity index (χ3n) is 3.61. The summed E-state index contributed by atoms with van der Waals surface area (Å²) in [4.78, 5) is 11.8. The number of amides is 1. The summed E-state index contributed by atoms with van der Waals surface area (Å²) in [6.07, 6.45) is 2.60. The minimum Gasteiger partial charge on any atom is -0.497 e. The molecule has 1 aliphatic rings. The van der Waals surface area contributed by atoms with Gasteiger partial charge in [-0.05, 0) is 56.0 Å². The van der Waals surface area contributed by atoms with Crippen LogP contribution in [-0.4, -0.2) is 37.3 Å². The number of carbonyl (C=O) groups is 1. The Morgan fingerprint density at radius 3 is 2.70 bits per heavy atom. The van der Waals surface area contributed by atoms with Crippen LogP contribution in [0, 0.1) is 5.92 Å². The minimum absolute atomic E-state index is 0.0614. The highest BCUT2D eigenvalue weighted by atomic mass is 16.5. The van der Waals surface area contributed by atoms with Gasteiger partial charge in [-0.15, -0.1) is 0 Å². The minimum atomic E-state index is -0.157. The molecule has 1 aromatic rings. The number of aliphatic hydroxyl groups is 1. The number of benzene rings is 1. The third-order valence-corrected chi connectivity index (χ3v) is 3.61. The van der Waals surface area contributed by atoms with Crippen molar-refractivity contribution in [1.82, 2.24) is 5.32 Å². The van der Waals surface area contributed by atoms with Gasteiger partial charge in [0.25, 0.3) is 0 Å². The van der Waals surface area contributed by atoms with Crippen molar-refractivity contribution >= 4 is 11.6 Å². The summed E-state index contributed by atoms with van der Waals surface area (Å²) in [5.74, 6) is 1.19. The van der Waals surface area contributed by atoms with Gasteiger partial charge in [0.2, 0.25) is 5.91 Å². The average Bonchev–Trinajstić information content (AvgIpc) is 2.85. The second kappa shape index (κ2) is 7.26. The summed E-state index contributed by atoms with van der Waals surface area (Å²) in [6, 6.07) is 7.24. The number of aliphatic hydroxyl groups excluding tert-OH is 1. The fourth-order valence-electron chi connectivity index (χ4n) is 2.50. The predicted octanol–water partition coefficient (Wildman–Crippen LogP) is 1.38. The van der Waals surface area contributed by atoms with Crippen LogP contribution >= 0.6 is 0 Å². The fraction of sp³-hybridized carbons (Fsp3) is 0.533. The Morgan fingerprint density at radius 2 is 2.10 bits per heavy atom. The topological polar surface area (TPSA) is 70.6 Å². The highest BCUT2D eigenvalue weighted by Crippen LogP contribution is 2.24. The molecule has 0 spiro atoms. The number of anilines is 1. The highest BCUT2D eigenvalue weighted by molar-refractivity contribution is 5.92. The first-order valence-electron chi connectivity index (χ1n) is 7.00. The quantitative estimate of drug-likeness (QED) is 0.735. The average molecular weight is 278 g/mol. The lowest BCUT2D eigenvalue weighted by Crippen LogP contribution is -2.31. The first-order chi connectivity index (χ1) is 9.67. The molecule has 1 aliphatic carbocycles. The van der Waals surface area contributed by atoms with Crippen LogP contribution in [0.25, 0.3) is 0 Å². The molecule has 0 aromatic heterocycles. The van der Waals surface area contributed by atoms with Gasteiger partial charge < -0.3 is 20.5 Å². The molecule has 5 nitrogen and oxygen atoms in total. The largest absolute Gasteiger partial charge is 0.497 e. The van der Waals surface area contributed by atoms with Crippen LogP contribution in [0.15, 0.2) is 24.3 Å². The van der Waals surface area contributed by atoms with Crippen molar-refractivity contribution in [2.75, 3.05) is 25.5 Å². The second-order valence-corrected chi connectivity index (χ2v) is 5.24. The molecule has 110 valence electrons. The van der Waals surface area contributed by atoms with Crippen molar-refractivity contribution in [2.24, 2.45) is 5.92 Å². The third kappa shape index (κ3) is 4.51. The molecule has 1 aromatic carbocycles. The Hall–Kier alpha value is -1.59. The molecular weight excluding hydrogens is 256 g/mol. The van der Waals surface area contributed by atoms with Crippen molar-refractivity contribution in [2.45, 2.75) is 25.4 Å². The van der Waals surface area contributed by atoms with Crippen LogP contribution < -0.4 is 15.4 Å². The maximum absolute atomic E-state index is 11.8. The van der Waals surface area contributed by atoms with Gasteiger partial charge in [0.05, 0.1) is 19.8 Å². The second-order valence-electron chi connectivity index (χ2n) is 5.24. The van der Waals surface area contributed by atoms with Gasteiger partial charge >= 0.3 is 0 Å². The van der Waals surface area contributed by atoms with Gasteiger partial charge in [0, 0.05) is 5.69 Å². The van der Waals surface area contributed by atoms with Gasteiger partial charge in [0.15, 0.2) is 0 Å². The molecule has 3 N–H and O–H groups in total. The van der Waals surface area contributed by atoms with E-state index in [1.807, 2.05) is 24.3 Å². The van der Waals surface area contributed by atoms with Crippen molar-refractivity contribution < 1.29 is 14.6 Å². The molecule has 0 radical (unpaired) electrons. The van der Waals surface area contributed by atoms with Crippen LogP contribution in [0.5, 0.6) is 5.75 Å². The van der Waals surface area contributed by atoms with E-state index in [4.69, 9.17) is 4.74 Å². The van der Waals surface area contributed by atoms with E-state index in [2.05, 4.69) is 10.6 Å². The molecule has 2 unspecified atom stereocenters. The number of rotatable bonds is 6. The molecule has 0 bridgehead atoms. The highest BCUT2D eigenvalue weighted by Gasteiger charge is 2.22. The maximum Gasteiger partial charge on any atom is 0.238 e. The molecule has 0 saturated heterocycles. The van der Waals surface area contributed by atoms with E-state index in [0.29, 0.717) is 12.5 Å². The SMILES string of the molecule is COc1ccc(NC(=O)CNCC2CCC(O)C2)cc1. The Bertz CT molecular complexity index is 433. The van der Waals surface area contributed by atoms with E-state index in [0.717, 1.165) is 37.2 Å². The summed E-state index contributed by atoms with van der Waals surface area (Å²) in [5, 5.41) is 15.4. The fourth-order valence-corrected chi connectivity index (χ4v) is 2.50. The number of hydrogen-bond donors (Lipinski definition) is 3. The Kier molecular flexibility index (Phi) is 5.38. The number of carbonyl (C=O) groups excluding carboxylic acids is 1. The molecule has 1 fully saturated rings. The van der Waals surface area contributed by atoms with Gasteiger partial charge in [-0.25, -0.2) is 0 Å². The Labute approximate surface area is 119 Å². The maximum atomic E-state index is 11.8. The molecule has 0 heterocycles. The molecular formula is C15H22N2O3. The number of methoxy groups -OCH3 is 1. The monoisotopic (exact) mass is 278 g/mol. The summed E-state index contributed by atoms with van der Waals surface area (Å²) in [5.41, 5.74) is 0.758. The lowest BCUT2D eigenvalue weighted by atomic mass is 10.1. The molecule has 0 aliphatic heterocycles. The van der Waals surface area contributed by atoms with Gasteiger partial charge in [0.1, 0.15) is 5.75 Å². The van der Waals surface area contributed by atoms with Crippen LogP contribution in [0.1, 0.15) is 19.3 Å². The van der Waals surface area contributed by atoms with Crippen LogP contribution in [0.4, 0.5) is 5.69 Å². The van der Waals surface area contributed by atoms with Crippen LogP contribution in [-0.2, 0) is 4.79 Å². The summed E-state index contributed by atoms with van der Waals surface area (Å²) in [7, 11) is 1.61. The van der Waals surface area contributed by atoms with E-state index in [1.165, 1.54) is 0 Å². The van der Waals surface area contributed by atoms with Crippen molar-refractivity contribution in [3.8, 4) is 5.75 Å². The number of hydrogen-bond acceptors (Lipinski definition) is 4. The lowest BCUT2D eigenvalue weighted by Gasteiger charge is -2.11. The van der Waals surface area contributed by atoms with E-state index >= 15 is 0 Å². The van der Waals surface area contributed by atoms with E-state index in [9.17, 15) is 9.90 Å². The zero-order valence-electron chi connectivity index (χ0n) is 11.8. The first kappa shape index (κ1) is 14.8. The van der Waals surface area contributed by atoms with Crippen LogP contribution in [0.2, 0.25) is 0 Å². The van der Waals surface area contributed by atoms with Crippen molar-refractivity contribution in [3.05, 3.63) is 24.3 Å². The standard InChI is InChI=1S/C15H22N2O3/c1-20-14-6-3-12(4-7-14)17-15(19)10-16-9-11-2-5-13(18)8-11/h3-4,6-7,11,13,16,18H,2,5,8-10H2,1H3,(H,17,19). The summed E-state index contributed by atoms with van der Waals surface area (Å²) >= 11 is 0. The smallest absolute Gasteiger partial charge is 0.238 e. The number of nitrogens with one attached hydrogen (secondary N) is 2. The van der Waals surface area contributed by atoms with E-state index < -0.39 is 0 Å². The zero-order valence-corrected chi connectivity index (χ0v) is 11.8. The molecule has 1 saturated carbocycles. The molecule has 2 rings (SSSR count). The number of ether oxygens (including phenoxy) is 1. The molecule has 1 amide bonds. The molecule has 2 atom stereocenters. The van der Waals surface area contributed by atoms with Crippen LogP contribution in [0.3, 0.4) is 0 Å². The molecule has 20 heavy (non-hydrogen) atoms. The lowest BCUT2D eigenvalue weighted by molar-refractivity contribution is -0.115. The van der Waals surface area contributed by atoms with Gasteiger partial charge in [-0.3, -0.25) is 4.79 Å². The van der Waals surface area contributed by atoms with Crippen molar-refractivity contribution in [1.29, 1.82) is 0 Å². The van der Waals surface area contributed by atoms with E-state index in [1.54, 1.807) is 7.11 Å².